The van der Waals surface area contributed by atoms with E-state index in [0.717, 1.165) is 16.2 Å². The van der Waals surface area contributed by atoms with Crippen LogP contribution in [-0.2, 0) is 17.8 Å². The molecule has 0 fully saturated rings. The van der Waals surface area contributed by atoms with E-state index in [1.165, 1.54) is 0 Å². The minimum Gasteiger partial charge on any atom is -0.350 e. The molecule has 0 saturated heterocycles. The molecule has 5 heteroatoms. The van der Waals surface area contributed by atoms with Crippen LogP contribution >= 0.6 is 12.6 Å². The predicted molar refractivity (Wildman–Crippen MR) is 71.3 cm³/mol. The van der Waals surface area contributed by atoms with Crippen LogP contribution in [0.3, 0.4) is 0 Å². The number of carbonyl (C=O) groups excluding carboxylic acids is 1. The largest absolute Gasteiger partial charge is 0.350 e. The average molecular weight is 259 g/mol. The van der Waals surface area contributed by atoms with Gasteiger partial charge in [-0.2, -0.15) is 10.2 Å². The van der Waals surface area contributed by atoms with Crippen LogP contribution in [-0.4, -0.2) is 16.1 Å². The van der Waals surface area contributed by atoms with E-state index >= 15 is 0 Å². The number of nitrogens with one attached hydrogen (secondary N) is 1. The molecule has 0 spiro atoms. The summed E-state index contributed by atoms with van der Waals surface area (Å²) in [6.07, 6.45) is 1.96. The average Bonchev–Trinajstić information content (AvgIpc) is 2.40. The van der Waals surface area contributed by atoms with Crippen LogP contribution in [0.5, 0.6) is 0 Å². The number of amides is 1. The van der Waals surface area contributed by atoms with Gasteiger partial charge in [0.05, 0.1) is 18.7 Å². The lowest BCUT2D eigenvalue weighted by molar-refractivity contribution is -0.120. The number of thiol groups is 1. The van der Waals surface area contributed by atoms with E-state index in [2.05, 4.69) is 28.1 Å². The molecule has 1 aromatic heterocycles. The first-order valence-corrected chi connectivity index (χ1v) is 6.00. The van der Waals surface area contributed by atoms with Crippen LogP contribution in [0.2, 0.25) is 0 Å². The molecule has 0 unspecified atom stereocenters. The van der Waals surface area contributed by atoms with E-state index in [1.807, 2.05) is 30.3 Å². The van der Waals surface area contributed by atoms with Gasteiger partial charge in [-0.3, -0.25) is 4.79 Å². The molecule has 92 valence electrons. The van der Waals surface area contributed by atoms with Gasteiger partial charge in [-0.15, -0.1) is 12.6 Å². The summed E-state index contributed by atoms with van der Waals surface area (Å²) in [7, 11) is 0. The van der Waals surface area contributed by atoms with E-state index in [-0.39, 0.29) is 5.91 Å². The van der Waals surface area contributed by atoms with Gasteiger partial charge in [0.15, 0.2) is 0 Å². The molecular weight excluding hydrogens is 246 g/mol. The zero-order valence-electron chi connectivity index (χ0n) is 9.71. The fourth-order valence-corrected chi connectivity index (χ4v) is 1.63. The van der Waals surface area contributed by atoms with Crippen molar-refractivity contribution < 1.29 is 4.79 Å². The highest BCUT2D eigenvalue weighted by atomic mass is 32.1. The summed E-state index contributed by atoms with van der Waals surface area (Å²) < 4.78 is 0. The summed E-state index contributed by atoms with van der Waals surface area (Å²) >= 11 is 4.20. The molecule has 0 atom stereocenters. The zero-order chi connectivity index (χ0) is 12.8. The van der Waals surface area contributed by atoms with Crippen molar-refractivity contribution in [3.63, 3.8) is 0 Å². The van der Waals surface area contributed by atoms with Gasteiger partial charge in [0.25, 0.3) is 0 Å². The van der Waals surface area contributed by atoms with E-state index in [4.69, 9.17) is 0 Å². The van der Waals surface area contributed by atoms with Crippen molar-refractivity contribution in [3.8, 4) is 0 Å². The Labute approximate surface area is 111 Å². The Bertz CT molecular complexity index is 514. The fourth-order valence-electron chi connectivity index (χ4n) is 1.48. The molecule has 0 radical (unpaired) electrons. The molecule has 0 aliphatic carbocycles. The molecule has 2 rings (SSSR count). The van der Waals surface area contributed by atoms with Crippen LogP contribution < -0.4 is 5.32 Å². The van der Waals surface area contributed by atoms with Crippen LogP contribution in [0.1, 0.15) is 11.3 Å². The summed E-state index contributed by atoms with van der Waals surface area (Å²) in [6.45, 7) is 0.400. The van der Waals surface area contributed by atoms with Crippen LogP contribution in [0.15, 0.2) is 47.5 Å². The first-order valence-electron chi connectivity index (χ1n) is 5.55. The Kier molecular flexibility index (Phi) is 4.30. The summed E-state index contributed by atoms with van der Waals surface area (Å²) in [6, 6.07) is 11.1. The van der Waals surface area contributed by atoms with Gasteiger partial charge in [0.2, 0.25) is 5.91 Å². The second kappa shape index (κ2) is 6.16. The molecular formula is C13H13N3OS. The smallest absolute Gasteiger partial charge is 0.224 e. The van der Waals surface area contributed by atoms with Crippen LogP contribution in [0.4, 0.5) is 0 Å². The molecule has 1 heterocycles. The van der Waals surface area contributed by atoms with Crippen molar-refractivity contribution in [1.29, 1.82) is 0 Å². The van der Waals surface area contributed by atoms with Gasteiger partial charge in [-0.05, 0) is 29.8 Å². The van der Waals surface area contributed by atoms with Crippen molar-refractivity contribution >= 4 is 18.5 Å². The van der Waals surface area contributed by atoms with Crippen molar-refractivity contribution in [2.75, 3.05) is 0 Å². The molecule has 0 aliphatic heterocycles. The van der Waals surface area contributed by atoms with E-state index in [9.17, 15) is 4.79 Å². The number of benzene rings is 1. The molecule has 18 heavy (non-hydrogen) atoms. The van der Waals surface area contributed by atoms with E-state index in [1.54, 1.807) is 12.3 Å². The normalized spacial score (nSPS) is 10.1. The number of hydrogen-bond donors (Lipinski definition) is 2. The summed E-state index contributed by atoms with van der Waals surface area (Å²) in [4.78, 5) is 12.6. The lowest BCUT2D eigenvalue weighted by Gasteiger charge is -2.04. The van der Waals surface area contributed by atoms with E-state index in [0.29, 0.717) is 13.0 Å². The Balaban J connectivity index is 1.84. The summed E-state index contributed by atoms with van der Waals surface area (Å²) in [5, 5.41) is 10.4. The monoisotopic (exact) mass is 259 g/mol. The number of carbonyl (C=O) groups is 1. The molecule has 1 amide bonds. The highest BCUT2D eigenvalue weighted by Gasteiger charge is 2.03. The molecule has 1 aromatic carbocycles. The topological polar surface area (TPSA) is 54.9 Å². The molecule has 0 aliphatic rings. The van der Waals surface area contributed by atoms with Crippen molar-refractivity contribution in [1.82, 2.24) is 15.5 Å². The number of aromatic nitrogens is 2. The zero-order valence-corrected chi connectivity index (χ0v) is 10.6. The number of hydrogen-bond acceptors (Lipinski definition) is 4. The molecule has 4 nitrogen and oxygen atoms in total. The second-order valence-electron chi connectivity index (χ2n) is 3.83. The van der Waals surface area contributed by atoms with Crippen molar-refractivity contribution in [2.24, 2.45) is 0 Å². The maximum absolute atomic E-state index is 11.7. The highest BCUT2D eigenvalue weighted by Crippen LogP contribution is 2.08. The van der Waals surface area contributed by atoms with Gasteiger partial charge in [0.1, 0.15) is 0 Å². The SMILES string of the molecule is O=C(Cc1ccc(S)cc1)NCc1cccnn1. The standard InChI is InChI=1S/C13H13N3OS/c17-13(8-10-3-5-12(18)6-4-10)14-9-11-2-1-7-15-16-11/h1-7,18H,8-9H2,(H,14,17). The maximum Gasteiger partial charge on any atom is 0.224 e. The third-order valence-electron chi connectivity index (χ3n) is 2.40. The van der Waals surface area contributed by atoms with Crippen LogP contribution in [0.25, 0.3) is 0 Å². The predicted octanol–water partition coefficient (Wildman–Crippen LogP) is 1.62. The van der Waals surface area contributed by atoms with Gasteiger partial charge >= 0.3 is 0 Å². The lowest BCUT2D eigenvalue weighted by atomic mass is 10.1. The molecule has 1 N–H and O–H groups in total. The van der Waals surface area contributed by atoms with Crippen molar-refractivity contribution in [2.45, 2.75) is 17.9 Å². The van der Waals surface area contributed by atoms with Crippen LogP contribution in [0, 0.1) is 0 Å². The van der Waals surface area contributed by atoms with E-state index < -0.39 is 0 Å². The minimum absolute atomic E-state index is 0.0347. The Morgan fingerprint density at radius 3 is 2.67 bits per heavy atom. The first-order chi connectivity index (χ1) is 8.74. The first kappa shape index (κ1) is 12.6. The second-order valence-corrected chi connectivity index (χ2v) is 4.35. The summed E-state index contributed by atoms with van der Waals surface area (Å²) in [5.41, 5.74) is 1.71. The van der Waals surface area contributed by atoms with Gasteiger partial charge in [-0.25, -0.2) is 0 Å². The summed E-state index contributed by atoms with van der Waals surface area (Å²) in [5.74, 6) is -0.0347. The lowest BCUT2D eigenvalue weighted by Crippen LogP contribution is -2.25. The third kappa shape index (κ3) is 3.85. The molecule has 0 bridgehead atoms. The Hall–Kier alpha value is -1.88. The quantitative estimate of drug-likeness (QED) is 0.820. The Morgan fingerprint density at radius 1 is 1.22 bits per heavy atom. The molecule has 2 aromatic rings. The fraction of sp³-hybridized carbons (Fsp3) is 0.154. The maximum atomic E-state index is 11.7. The number of nitrogens with zero attached hydrogens (tertiary/aromatic N) is 2. The Morgan fingerprint density at radius 2 is 2.00 bits per heavy atom. The van der Waals surface area contributed by atoms with Gasteiger partial charge < -0.3 is 5.32 Å². The van der Waals surface area contributed by atoms with Gasteiger partial charge in [0, 0.05) is 11.1 Å². The third-order valence-corrected chi connectivity index (χ3v) is 2.69. The van der Waals surface area contributed by atoms with Gasteiger partial charge in [-0.1, -0.05) is 12.1 Å². The minimum atomic E-state index is -0.0347. The van der Waals surface area contributed by atoms with Crippen molar-refractivity contribution in [3.05, 3.63) is 53.9 Å². The highest BCUT2D eigenvalue weighted by molar-refractivity contribution is 7.80. The number of rotatable bonds is 4. The molecule has 0 saturated carbocycles.